The first-order valence-corrected chi connectivity index (χ1v) is 15.2. The zero-order chi connectivity index (χ0) is 26.5. The molecule has 1 fully saturated rings. The first-order chi connectivity index (χ1) is 17.5. The highest BCUT2D eigenvalue weighted by molar-refractivity contribution is 8.13. The van der Waals surface area contributed by atoms with E-state index in [2.05, 4.69) is 10.8 Å². The fraction of sp³-hybridized carbons (Fsp3) is 0.577. The summed E-state index contributed by atoms with van der Waals surface area (Å²) >= 11 is 1.13. The minimum atomic E-state index is -3.54. The van der Waals surface area contributed by atoms with Crippen LogP contribution in [-0.4, -0.2) is 55.2 Å². The van der Waals surface area contributed by atoms with Crippen LogP contribution in [0, 0.1) is 11.8 Å². The van der Waals surface area contributed by atoms with E-state index < -0.39 is 39.6 Å². The number of carbonyl (C=O) groups excluding carboxylic acids is 3. The number of hydrogen-bond acceptors (Lipinski definition) is 9. The Balaban J connectivity index is 1.48. The van der Waals surface area contributed by atoms with Gasteiger partial charge in [-0.2, -0.15) is 0 Å². The van der Waals surface area contributed by atoms with Gasteiger partial charge in [0.2, 0.25) is 10.0 Å². The van der Waals surface area contributed by atoms with Crippen molar-refractivity contribution in [3.05, 3.63) is 35.4 Å². The van der Waals surface area contributed by atoms with E-state index in [0.29, 0.717) is 42.9 Å². The monoisotopic (exact) mass is 549 g/mol. The van der Waals surface area contributed by atoms with E-state index in [1.165, 1.54) is 20.8 Å². The van der Waals surface area contributed by atoms with Crippen LogP contribution in [0.4, 0.5) is 0 Å². The molecule has 11 heteroatoms. The molecule has 1 spiro atoms. The number of nitrogens with one attached hydrogen (secondary N) is 1. The lowest BCUT2D eigenvalue weighted by atomic mass is 9.49. The number of sulfonamides is 1. The van der Waals surface area contributed by atoms with E-state index in [1.807, 2.05) is 12.1 Å². The van der Waals surface area contributed by atoms with Crippen LogP contribution >= 0.6 is 11.8 Å². The number of allylic oxidation sites excluding steroid dienone is 1. The molecule has 0 radical (unpaired) electrons. The Hall–Kier alpha value is -2.37. The zero-order valence-corrected chi connectivity index (χ0v) is 22.7. The zero-order valence-electron chi connectivity index (χ0n) is 21.0. The molecular weight excluding hydrogens is 518 g/mol. The van der Waals surface area contributed by atoms with Crippen LogP contribution in [0.15, 0.2) is 24.3 Å². The molecule has 0 saturated heterocycles. The average Bonchev–Trinajstić information content (AvgIpc) is 3.15. The fourth-order valence-corrected chi connectivity index (χ4v) is 8.92. The Morgan fingerprint density at radius 1 is 1.16 bits per heavy atom. The van der Waals surface area contributed by atoms with Gasteiger partial charge < -0.3 is 14.2 Å². The normalized spacial score (nSPS) is 30.7. The quantitative estimate of drug-likeness (QED) is 0.225. The Morgan fingerprint density at radius 2 is 1.95 bits per heavy atom. The molecule has 0 aromatic heterocycles. The second kappa shape index (κ2) is 9.74. The highest BCUT2D eigenvalue weighted by atomic mass is 32.2. The van der Waals surface area contributed by atoms with Gasteiger partial charge >= 0.3 is 11.9 Å². The van der Waals surface area contributed by atoms with Crippen molar-refractivity contribution >= 4 is 38.8 Å². The fourth-order valence-electron chi connectivity index (χ4n) is 6.76. The molecule has 1 aliphatic heterocycles. The Kier molecular flexibility index (Phi) is 6.91. The summed E-state index contributed by atoms with van der Waals surface area (Å²) in [5, 5.41) is -0.0236. The molecule has 1 heterocycles. The van der Waals surface area contributed by atoms with Crippen molar-refractivity contribution in [2.24, 2.45) is 11.8 Å². The molecule has 0 amide bonds. The SMILES string of the molecule is CC(=O)Oc1ccc2c3c1O[C@H]1[C@@H](OC(C)=O)C=CC4[C@@H](C2)C(NS(=O)(=O)CCCSC(C)=O)CC[C@@]341. The van der Waals surface area contributed by atoms with Crippen molar-refractivity contribution in [2.45, 2.75) is 70.1 Å². The van der Waals surface area contributed by atoms with Gasteiger partial charge in [0.15, 0.2) is 22.7 Å². The molecule has 5 rings (SSSR count). The lowest BCUT2D eigenvalue weighted by Crippen LogP contribution is -2.63. The molecule has 1 aromatic carbocycles. The Morgan fingerprint density at radius 3 is 2.65 bits per heavy atom. The number of thioether (sulfide) groups is 1. The maximum absolute atomic E-state index is 12.9. The van der Waals surface area contributed by atoms with E-state index in [9.17, 15) is 22.8 Å². The molecule has 2 unspecified atom stereocenters. The summed E-state index contributed by atoms with van der Waals surface area (Å²) in [7, 11) is -3.54. The summed E-state index contributed by atoms with van der Waals surface area (Å²) in [5.41, 5.74) is 1.51. The number of ether oxygens (including phenoxy) is 3. The second-order valence-electron chi connectivity index (χ2n) is 10.2. The third-order valence-electron chi connectivity index (χ3n) is 7.88. The van der Waals surface area contributed by atoms with Crippen molar-refractivity contribution in [1.82, 2.24) is 4.72 Å². The molecule has 3 aliphatic carbocycles. The summed E-state index contributed by atoms with van der Waals surface area (Å²) in [6.45, 7) is 4.17. The van der Waals surface area contributed by atoms with Crippen molar-refractivity contribution in [3.8, 4) is 11.5 Å². The largest absolute Gasteiger partial charge is 0.481 e. The van der Waals surface area contributed by atoms with Crippen LogP contribution in [0.1, 0.15) is 51.2 Å². The number of esters is 2. The summed E-state index contributed by atoms with van der Waals surface area (Å²) in [6.07, 6.45) is 5.05. The van der Waals surface area contributed by atoms with E-state index in [1.54, 1.807) is 6.07 Å². The van der Waals surface area contributed by atoms with Crippen LogP contribution in [-0.2, 0) is 41.0 Å². The molecule has 37 heavy (non-hydrogen) atoms. The van der Waals surface area contributed by atoms with Crippen LogP contribution < -0.4 is 14.2 Å². The molecular formula is C26H31NO8S2. The molecule has 1 aromatic rings. The highest BCUT2D eigenvalue weighted by Gasteiger charge is 2.65. The molecule has 2 bridgehead atoms. The van der Waals surface area contributed by atoms with Gasteiger partial charge in [-0.1, -0.05) is 23.9 Å². The summed E-state index contributed by atoms with van der Waals surface area (Å²) in [4.78, 5) is 34.8. The highest BCUT2D eigenvalue weighted by Crippen LogP contribution is 2.65. The van der Waals surface area contributed by atoms with Gasteiger partial charge in [0.25, 0.3) is 0 Å². The van der Waals surface area contributed by atoms with Gasteiger partial charge in [-0.05, 0) is 55.2 Å². The van der Waals surface area contributed by atoms with Crippen molar-refractivity contribution < 1.29 is 37.0 Å². The van der Waals surface area contributed by atoms with Gasteiger partial charge in [-0.3, -0.25) is 14.4 Å². The topological polar surface area (TPSA) is 125 Å². The predicted octanol–water partition coefficient (Wildman–Crippen LogP) is 2.65. The predicted molar refractivity (Wildman–Crippen MR) is 137 cm³/mol. The molecule has 9 nitrogen and oxygen atoms in total. The summed E-state index contributed by atoms with van der Waals surface area (Å²) < 4.78 is 46.4. The Bertz CT molecular complexity index is 1280. The van der Waals surface area contributed by atoms with Crippen molar-refractivity contribution in [2.75, 3.05) is 11.5 Å². The van der Waals surface area contributed by atoms with Crippen LogP contribution in [0.5, 0.6) is 11.5 Å². The van der Waals surface area contributed by atoms with E-state index in [-0.39, 0.29) is 28.7 Å². The molecule has 200 valence electrons. The van der Waals surface area contributed by atoms with Gasteiger partial charge in [0, 0.05) is 43.5 Å². The lowest BCUT2D eigenvalue weighted by molar-refractivity contribution is -0.151. The lowest BCUT2D eigenvalue weighted by Gasteiger charge is -2.56. The van der Waals surface area contributed by atoms with E-state index in [0.717, 1.165) is 22.9 Å². The third-order valence-corrected chi connectivity index (χ3v) is 10.3. The van der Waals surface area contributed by atoms with E-state index >= 15 is 0 Å². The smallest absolute Gasteiger partial charge is 0.308 e. The Labute approximate surface area is 220 Å². The first kappa shape index (κ1) is 26.2. The molecule has 1 saturated carbocycles. The number of benzene rings is 1. The average molecular weight is 550 g/mol. The van der Waals surface area contributed by atoms with Crippen molar-refractivity contribution in [3.63, 3.8) is 0 Å². The molecule has 1 N–H and O–H groups in total. The number of carbonyl (C=O) groups is 3. The van der Waals surface area contributed by atoms with Gasteiger partial charge in [0.1, 0.15) is 6.10 Å². The van der Waals surface area contributed by atoms with Crippen LogP contribution in [0.2, 0.25) is 0 Å². The van der Waals surface area contributed by atoms with Gasteiger partial charge in [0.05, 0.1) is 5.75 Å². The maximum atomic E-state index is 12.9. The standard InChI is InChI=1S/C26H31NO8S2/c1-14(28)33-21-7-5-17-13-18-19-6-8-22(34-15(2)29)25-26(19,23(17)24(21)35-25)10-9-20(18)27-37(31,32)12-4-11-36-16(3)30/h5-8,18-20,22,25,27H,4,9-13H2,1-3H3/t18-,19?,20?,22+,25+,26+/m1/s1. The summed E-state index contributed by atoms with van der Waals surface area (Å²) in [6, 6.07) is 3.39. The minimum absolute atomic E-state index is 0.0197. The minimum Gasteiger partial charge on any atom is -0.481 e. The summed E-state index contributed by atoms with van der Waals surface area (Å²) in [5.74, 6) is 0.372. The van der Waals surface area contributed by atoms with E-state index in [4.69, 9.17) is 14.2 Å². The first-order valence-electron chi connectivity index (χ1n) is 12.5. The molecule has 6 atom stereocenters. The number of hydrogen-bond donors (Lipinski definition) is 1. The van der Waals surface area contributed by atoms with Crippen molar-refractivity contribution in [1.29, 1.82) is 0 Å². The van der Waals surface area contributed by atoms with Crippen LogP contribution in [0.25, 0.3) is 0 Å². The van der Waals surface area contributed by atoms with Gasteiger partial charge in [-0.15, -0.1) is 0 Å². The second-order valence-corrected chi connectivity index (χ2v) is 13.4. The third kappa shape index (κ3) is 4.70. The van der Waals surface area contributed by atoms with Crippen LogP contribution in [0.3, 0.4) is 0 Å². The maximum Gasteiger partial charge on any atom is 0.308 e. The van der Waals surface area contributed by atoms with Gasteiger partial charge in [-0.25, -0.2) is 13.1 Å². The molecule has 4 aliphatic rings. The number of rotatable bonds is 8.